The zero-order valence-corrected chi connectivity index (χ0v) is 22.3. The Labute approximate surface area is 227 Å². The van der Waals surface area contributed by atoms with Crippen molar-refractivity contribution in [3.8, 4) is 5.75 Å². The van der Waals surface area contributed by atoms with E-state index in [0.717, 1.165) is 5.56 Å². The van der Waals surface area contributed by atoms with Crippen LogP contribution in [0.4, 0.5) is 32.0 Å². The van der Waals surface area contributed by atoms with Crippen LogP contribution in [-0.2, 0) is 11.4 Å². The molecule has 3 aromatic rings. The molecule has 0 radical (unpaired) electrons. The molecule has 3 aromatic carbocycles. The van der Waals surface area contributed by atoms with Crippen molar-refractivity contribution in [2.45, 2.75) is 13.5 Å². The van der Waals surface area contributed by atoms with E-state index in [1.54, 1.807) is 24.3 Å². The Bertz CT molecular complexity index is 1410. The van der Waals surface area contributed by atoms with E-state index in [0.29, 0.717) is 18.5 Å². The summed E-state index contributed by atoms with van der Waals surface area (Å²) in [6.07, 6.45) is 1.39. The number of halogens is 8. The molecular weight excluding hydrogens is 716 g/mol. The first-order valence-electron chi connectivity index (χ1n) is 9.99. The molecule has 0 aromatic heterocycles. The number of nitrogens with zero attached hydrogens (tertiary/aromatic N) is 2. The van der Waals surface area contributed by atoms with Crippen molar-refractivity contribution < 1.29 is 35.9 Å². The number of carbonyl (C=O) groups is 1. The first kappa shape index (κ1) is 26.4. The molecule has 0 unspecified atom stereocenters. The van der Waals surface area contributed by atoms with Crippen LogP contribution in [0.5, 0.6) is 5.75 Å². The lowest BCUT2D eigenvalue weighted by Crippen LogP contribution is -2.25. The highest BCUT2D eigenvalue weighted by molar-refractivity contribution is 14.1. The van der Waals surface area contributed by atoms with Gasteiger partial charge in [-0.25, -0.2) is 26.3 Å². The van der Waals surface area contributed by atoms with Crippen LogP contribution in [0, 0.1) is 42.0 Å². The number of rotatable bonds is 5. The van der Waals surface area contributed by atoms with Crippen molar-refractivity contribution >= 4 is 68.6 Å². The molecule has 0 saturated carbocycles. The monoisotopic (exact) mass is 728 g/mol. The van der Waals surface area contributed by atoms with Crippen LogP contribution in [0.15, 0.2) is 47.1 Å². The SMILES string of the molecule is CC1=NN(c2c(F)c(F)c(F)c(F)c2F)C(=O)/C1=C/c1cc(I)c(OCc2ccc(F)cc2)c(I)c1. The molecule has 4 nitrogen and oxygen atoms in total. The van der Waals surface area contributed by atoms with Crippen LogP contribution in [0.2, 0.25) is 0 Å². The number of hydrogen-bond donors (Lipinski definition) is 0. The highest BCUT2D eigenvalue weighted by atomic mass is 127. The lowest BCUT2D eigenvalue weighted by atomic mass is 10.1. The maximum absolute atomic E-state index is 14.2. The van der Waals surface area contributed by atoms with E-state index in [1.807, 2.05) is 45.2 Å². The molecule has 12 heteroatoms. The Morgan fingerprint density at radius 3 is 1.97 bits per heavy atom. The van der Waals surface area contributed by atoms with E-state index in [9.17, 15) is 31.1 Å². The van der Waals surface area contributed by atoms with Crippen molar-refractivity contribution in [2.24, 2.45) is 5.10 Å². The molecule has 0 spiro atoms. The molecule has 0 bridgehead atoms. The van der Waals surface area contributed by atoms with Crippen molar-refractivity contribution in [3.05, 3.63) is 95.1 Å². The predicted octanol–water partition coefficient (Wildman–Crippen LogP) is 7.12. The molecule has 0 aliphatic carbocycles. The van der Waals surface area contributed by atoms with Crippen LogP contribution in [-0.4, -0.2) is 11.6 Å². The van der Waals surface area contributed by atoms with Gasteiger partial charge in [0.2, 0.25) is 5.82 Å². The fourth-order valence-corrected chi connectivity index (χ4v) is 5.45. The summed E-state index contributed by atoms with van der Waals surface area (Å²) in [5, 5.41) is 3.88. The van der Waals surface area contributed by atoms with E-state index in [4.69, 9.17) is 4.74 Å². The molecule has 0 N–H and O–H groups in total. The molecule has 1 amide bonds. The number of ether oxygens (including phenoxy) is 1. The van der Waals surface area contributed by atoms with Gasteiger partial charge in [0, 0.05) is 0 Å². The molecule has 186 valence electrons. The average molecular weight is 728 g/mol. The van der Waals surface area contributed by atoms with Gasteiger partial charge in [0.15, 0.2) is 23.3 Å². The second kappa shape index (κ2) is 10.4. The maximum Gasteiger partial charge on any atom is 0.280 e. The highest BCUT2D eigenvalue weighted by Crippen LogP contribution is 2.35. The van der Waals surface area contributed by atoms with E-state index in [2.05, 4.69) is 5.10 Å². The minimum atomic E-state index is -2.33. The Morgan fingerprint density at radius 1 is 0.889 bits per heavy atom. The number of amides is 1. The van der Waals surface area contributed by atoms with Gasteiger partial charge in [-0.05, 0) is 93.6 Å². The van der Waals surface area contributed by atoms with E-state index in [-0.39, 0.29) is 28.7 Å². The topological polar surface area (TPSA) is 41.9 Å². The summed E-state index contributed by atoms with van der Waals surface area (Å²) in [6, 6.07) is 9.19. The number of benzene rings is 3. The molecule has 4 rings (SSSR count). The number of hydrogen-bond acceptors (Lipinski definition) is 3. The van der Waals surface area contributed by atoms with Crippen LogP contribution in [0.1, 0.15) is 18.1 Å². The maximum atomic E-state index is 14.2. The molecule has 1 aliphatic rings. The summed E-state index contributed by atoms with van der Waals surface area (Å²) in [4.78, 5) is 12.9. The molecular formula is C24H12F6I2N2O2. The molecule has 1 aliphatic heterocycles. The van der Waals surface area contributed by atoms with Gasteiger partial charge in [0.25, 0.3) is 5.91 Å². The highest BCUT2D eigenvalue weighted by Gasteiger charge is 2.37. The fourth-order valence-electron chi connectivity index (χ4n) is 3.32. The third-order valence-corrected chi connectivity index (χ3v) is 6.69. The van der Waals surface area contributed by atoms with E-state index < -0.39 is 40.7 Å². The van der Waals surface area contributed by atoms with Gasteiger partial charge in [0.1, 0.15) is 23.9 Å². The van der Waals surface area contributed by atoms with Gasteiger partial charge in [-0.1, -0.05) is 12.1 Å². The zero-order chi connectivity index (χ0) is 26.3. The standard InChI is InChI=1S/C24H12F6I2N2O2/c1-10-14(24(35)34(33-10)22-20(29)18(27)17(26)19(28)21(22)30)6-12-7-15(31)23(16(32)8-12)36-9-11-2-4-13(25)5-3-11/h2-8H,9H2,1H3/b14-6+. The van der Waals surface area contributed by atoms with Gasteiger partial charge in [-0.2, -0.15) is 10.1 Å². The first-order chi connectivity index (χ1) is 17.0. The third kappa shape index (κ3) is 4.96. The van der Waals surface area contributed by atoms with Crippen molar-refractivity contribution in [1.29, 1.82) is 0 Å². The van der Waals surface area contributed by atoms with Crippen molar-refractivity contribution in [1.82, 2.24) is 0 Å². The minimum absolute atomic E-state index is 0.0191. The van der Waals surface area contributed by atoms with Crippen LogP contribution < -0.4 is 9.75 Å². The van der Waals surface area contributed by atoms with Gasteiger partial charge >= 0.3 is 0 Å². The molecule has 0 saturated heterocycles. The predicted molar refractivity (Wildman–Crippen MR) is 137 cm³/mol. The van der Waals surface area contributed by atoms with Gasteiger partial charge < -0.3 is 4.74 Å². The lowest BCUT2D eigenvalue weighted by molar-refractivity contribution is -0.114. The second-order valence-corrected chi connectivity index (χ2v) is 9.83. The summed E-state index contributed by atoms with van der Waals surface area (Å²) in [7, 11) is 0. The largest absolute Gasteiger partial charge is 0.487 e. The Kier molecular flexibility index (Phi) is 7.64. The van der Waals surface area contributed by atoms with Gasteiger partial charge in [-0.15, -0.1) is 0 Å². The minimum Gasteiger partial charge on any atom is -0.487 e. The first-order valence-corrected chi connectivity index (χ1v) is 12.1. The molecule has 0 atom stereocenters. The van der Waals surface area contributed by atoms with Crippen LogP contribution >= 0.6 is 45.2 Å². The Hall–Kier alpha value is -2.62. The molecule has 36 heavy (non-hydrogen) atoms. The Balaban J connectivity index is 1.62. The quantitative estimate of drug-likeness (QED) is 0.0925. The summed E-state index contributed by atoms with van der Waals surface area (Å²) < 4.78 is 89.4. The Morgan fingerprint density at radius 2 is 1.42 bits per heavy atom. The second-order valence-electron chi connectivity index (χ2n) is 7.51. The number of hydrazone groups is 1. The van der Waals surface area contributed by atoms with E-state index in [1.165, 1.54) is 25.1 Å². The van der Waals surface area contributed by atoms with E-state index >= 15 is 0 Å². The van der Waals surface area contributed by atoms with Crippen molar-refractivity contribution in [3.63, 3.8) is 0 Å². The molecule has 0 fully saturated rings. The fraction of sp³-hybridized carbons (Fsp3) is 0.0833. The van der Waals surface area contributed by atoms with Crippen LogP contribution in [0.25, 0.3) is 6.08 Å². The average Bonchev–Trinajstić information content (AvgIpc) is 3.10. The normalized spacial score (nSPS) is 14.6. The smallest absolute Gasteiger partial charge is 0.280 e. The summed E-state index contributed by atoms with van der Waals surface area (Å²) in [6.45, 7) is 1.56. The van der Waals surface area contributed by atoms with Gasteiger partial charge in [-0.3, -0.25) is 4.79 Å². The van der Waals surface area contributed by atoms with Gasteiger partial charge in [0.05, 0.1) is 18.4 Å². The lowest BCUT2D eigenvalue weighted by Gasteiger charge is -2.15. The third-order valence-electron chi connectivity index (χ3n) is 5.09. The summed E-state index contributed by atoms with van der Waals surface area (Å²) >= 11 is 4.05. The molecule has 1 heterocycles. The number of carbonyl (C=O) groups excluding carboxylic acids is 1. The van der Waals surface area contributed by atoms with Crippen molar-refractivity contribution in [2.75, 3.05) is 5.01 Å². The summed E-state index contributed by atoms with van der Waals surface area (Å²) in [5.74, 6) is -11.9. The summed E-state index contributed by atoms with van der Waals surface area (Å²) in [5.41, 5.74) is -0.259. The zero-order valence-electron chi connectivity index (χ0n) is 18.0. The van der Waals surface area contributed by atoms with Crippen LogP contribution in [0.3, 0.4) is 0 Å². The number of anilines is 1.